The van der Waals surface area contributed by atoms with Crippen LogP contribution in [0.15, 0.2) is 28.8 Å². The van der Waals surface area contributed by atoms with Crippen LogP contribution in [0.5, 0.6) is 0 Å². The summed E-state index contributed by atoms with van der Waals surface area (Å²) in [5, 5.41) is 5.78. The summed E-state index contributed by atoms with van der Waals surface area (Å²) in [6, 6.07) is 7.95. The van der Waals surface area contributed by atoms with Crippen molar-refractivity contribution in [2.75, 3.05) is 5.75 Å². The molecule has 4 nitrogen and oxygen atoms in total. The third-order valence-electron chi connectivity index (χ3n) is 3.69. The Morgan fingerprint density at radius 1 is 1.33 bits per heavy atom. The normalized spacial score (nSPS) is 26.0. The Morgan fingerprint density at radius 3 is 2.95 bits per heavy atom. The Labute approximate surface area is 133 Å². The third-order valence-corrected chi connectivity index (χ3v) is 7.08. The average Bonchev–Trinajstić information content (AvgIpc) is 3.00. The van der Waals surface area contributed by atoms with E-state index in [9.17, 15) is 0 Å². The number of hydrogen-bond acceptors (Lipinski definition) is 6. The highest BCUT2D eigenvalue weighted by molar-refractivity contribution is 8.07. The Kier molecular flexibility index (Phi) is 4.57. The van der Waals surface area contributed by atoms with Crippen molar-refractivity contribution in [3.05, 3.63) is 35.7 Å². The number of nitrogens with zero attached hydrogens (tertiary/aromatic N) is 2. The summed E-state index contributed by atoms with van der Waals surface area (Å²) in [4.78, 5) is 4.59. The van der Waals surface area contributed by atoms with Crippen molar-refractivity contribution in [2.45, 2.75) is 36.1 Å². The van der Waals surface area contributed by atoms with Crippen LogP contribution in [0, 0.1) is 0 Å². The van der Waals surface area contributed by atoms with Crippen LogP contribution in [-0.4, -0.2) is 26.4 Å². The molecule has 0 spiro atoms. The van der Waals surface area contributed by atoms with Crippen molar-refractivity contribution in [2.24, 2.45) is 5.73 Å². The highest BCUT2D eigenvalue weighted by Crippen LogP contribution is 2.43. The third kappa shape index (κ3) is 3.27. The van der Waals surface area contributed by atoms with Gasteiger partial charge in [0.25, 0.3) is 5.89 Å². The van der Waals surface area contributed by atoms with Gasteiger partial charge in [0.1, 0.15) is 0 Å². The zero-order valence-corrected chi connectivity index (χ0v) is 13.8. The first-order valence-corrected chi connectivity index (χ1v) is 9.06. The van der Waals surface area contributed by atoms with Crippen LogP contribution in [0.2, 0.25) is 0 Å². The minimum Gasteiger partial charge on any atom is -0.334 e. The van der Waals surface area contributed by atoms with Crippen molar-refractivity contribution >= 4 is 23.5 Å². The molecule has 0 amide bonds. The smallest absolute Gasteiger partial charge is 0.257 e. The van der Waals surface area contributed by atoms with Gasteiger partial charge in [-0.25, -0.2) is 0 Å². The number of rotatable bonds is 3. The largest absolute Gasteiger partial charge is 0.334 e. The first-order chi connectivity index (χ1) is 10.2. The Hall–Kier alpha value is -0.980. The van der Waals surface area contributed by atoms with Gasteiger partial charge in [-0.3, -0.25) is 0 Å². The van der Waals surface area contributed by atoms with Gasteiger partial charge in [0.15, 0.2) is 5.82 Å². The van der Waals surface area contributed by atoms with Crippen LogP contribution < -0.4 is 5.73 Å². The molecule has 1 aliphatic heterocycles. The van der Waals surface area contributed by atoms with Crippen molar-refractivity contribution in [3.63, 3.8) is 0 Å². The highest BCUT2D eigenvalue weighted by atomic mass is 32.2. The lowest BCUT2D eigenvalue weighted by Gasteiger charge is -2.29. The maximum Gasteiger partial charge on any atom is 0.257 e. The van der Waals surface area contributed by atoms with Gasteiger partial charge in [-0.05, 0) is 17.7 Å². The van der Waals surface area contributed by atoms with E-state index in [-0.39, 0.29) is 0 Å². The first-order valence-electron chi connectivity index (χ1n) is 7.07. The summed E-state index contributed by atoms with van der Waals surface area (Å²) < 4.78 is 5.44. The van der Waals surface area contributed by atoms with Crippen LogP contribution in [0.25, 0.3) is 11.5 Å². The highest BCUT2D eigenvalue weighted by Gasteiger charge is 2.29. The van der Waals surface area contributed by atoms with Gasteiger partial charge in [-0.15, -0.1) is 11.8 Å². The Bertz CT molecular complexity index is 616. The minimum absolute atomic E-state index is 0.316. The van der Waals surface area contributed by atoms with Gasteiger partial charge in [0.05, 0.1) is 5.25 Å². The van der Waals surface area contributed by atoms with Crippen LogP contribution in [-0.2, 0) is 6.54 Å². The summed E-state index contributed by atoms with van der Waals surface area (Å²) in [6.07, 6.45) is 0. The van der Waals surface area contributed by atoms with Crippen molar-refractivity contribution in [1.29, 1.82) is 0 Å². The van der Waals surface area contributed by atoms with E-state index in [4.69, 9.17) is 10.3 Å². The number of benzene rings is 1. The molecule has 1 fully saturated rings. The molecule has 2 aromatic rings. The average molecular weight is 321 g/mol. The van der Waals surface area contributed by atoms with E-state index in [1.807, 2.05) is 47.8 Å². The molecule has 0 bridgehead atoms. The molecule has 0 aliphatic carbocycles. The van der Waals surface area contributed by atoms with E-state index in [2.05, 4.69) is 24.0 Å². The van der Waals surface area contributed by atoms with Gasteiger partial charge in [-0.2, -0.15) is 16.7 Å². The minimum atomic E-state index is 0.316. The van der Waals surface area contributed by atoms with Gasteiger partial charge < -0.3 is 10.3 Å². The van der Waals surface area contributed by atoms with Crippen LogP contribution in [0.1, 0.15) is 30.5 Å². The molecule has 3 unspecified atom stereocenters. The number of thioether (sulfide) groups is 2. The molecular formula is C15H19N3OS2. The molecule has 0 radical (unpaired) electrons. The fraction of sp³-hybridized carbons (Fsp3) is 0.467. The first kappa shape index (κ1) is 14.9. The topological polar surface area (TPSA) is 64.9 Å². The summed E-state index contributed by atoms with van der Waals surface area (Å²) >= 11 is 3.92. The summed E-state index contributed by atoms with van der Waals surface area (Å²) in [6.45, 7) is 5.05. The van der Waals surface area contributed by atoms with E-state index >= 15 is 0 Å². The zero-order valence-electron chi connectivity index (χ0n) is 12.2. The lowest BCUT2D eigenvalue weighted by Crippen LogP contribution is -2.22. The fourth-order valence-corrected chi connectivity index (χ4v) is 5.07. The molecular weight excluding hydrogens is 302 g/mol. The van der Waals surface area contributed by atoms with E-state index in [1.54, 1.807) is 0 Å². The molecule has 0 saturated carbocycles. The summed E-state index contributed by atoms with van der Waals surface area (Å²) in [7, 11) is 0. The number of aromatic nitrogens is 2. The Balaban J connectivity index is 1.80. The molecule has 1 aliphatic rings. The van der Waals surface area contributed by atoms with Crippen molar-refractivity contribution in [3.8, 4) is 11.5 Å². The lowest BCUT2D eigenvalue weighted by atomic mass is 10.1. The van der Waals surface area contributed by atoms with Crippen LogP contribution in [0.4, 0.5) is 0 Å². The molecule has 3 atom stereocenters. The second-order valence-electron chi connectivity index (χ2n) is 5.23. The maximum absolute atomic E-state index is 5.67. The summed E-state index contributed by atoms with van der Waals surface area (Å²) in [5.74, 6) is 2.43. The van der Waals surface area contributed by atoms with E-state index < -0.39 is 0 Å². The maximum atomic E-state index is 5.67. The fourth-order valence-electron chi connectivity index (χ4n) is 2.23. The molecule has 3 rings (SSSR count). The SMILES string of the molecule is CC1SCC(c2noc(-c3cccc(CN)c3)n2)SC1C. The summed E-state index contributed by atoms with van der Waals surface area (Å²) in [5.41, 5.74) is 7.68. The predicted octanol–water partition coefficient (Wildman–Crippen LogP) is 3.49. The second kappa shape index (κ2) is 6.42. The van der Waals surface area contributed by atoms with Crippen molar-refractivity contribution < 1.29 is 4.52 Å². The molecule has 112 valence electrons. The monoisotopic (exact) mass is 321 g/mol. The standard InChI is InChI=1S/C15H19N3OS2/c1-9-10(2)21-13(8-20-9)14-17-15(19-18-14)12-5-3-4-11(6-12)7-16/h3-6,9-10,13H,7-8,16H2,1-2H3. The molecule has 1 aromatic heterocycles. The number of hydrogen-bond donors (Lipinski definition) is 1. The predicted molar refractivity (Wildman–Crippen MR) is 89.3 cm³/mol. The number of nitrogens with two attached hydrogens (primary N) is 1. The molecule has 21 heavy (non-hydrogen) atoms. The van der Waals surface area contributed by atoms with Crippen LogP contribution in [0.3, 0.4) is 0 Å². The van der Waals surface area contributed by atoms with E-state index in [0.29, 0.717) is 28.2 Å². The van der Waals surface area contributed by atoms with Gasteiger partial charge in [-0.1, -0.05) is 31.1 Å². The lowest BCUT2D eigenvalue weighted by molar-refractivity contribution is 0.423. The molecule has 6 heteroatoms. The van der Waals surface area contributed by atoms with Gasteiger partial charge >= 0.3 is 0 Å². The van der Waals surface area contributed by atoms with Gasteiger partial charge in [0.2, 0.25) is 0 Å². The van der Waals surface area contributed by atoms with Crippen molar-refractivity contribution in [1.82, 2.24) is 10.1 Å². The molecule has 1 saturated heterocycles. The Morgan fingerprint density at radius 2 is 2.19 bits per heavy atom. The van der Waals surface area contributed by atoms with Gasteiger partial charge in [0, 0.05) is 28.4 Å². The molecule has 2 N–H and O–H groups in total. The quantitative estimate of drug-likeness (QED) is 0.933. The van der Waals surface area contributed by atoms with E-state index in [0.717, 1.165) is 22.7 Å². The second-order valence-corrected chi connectivity index (χ2v) is 8.23. The van der Waals surface area contributed by atoms with E-state index in [1.165, 1.54) is 0 Å². The molecule has 2 heterocycles. The molecule has 1 aromatic carbocycles. The zero-order chi connectivity index (χ0) is 14.8. The van der Waals surface area contributed by atoms with Crippen LogP contribution >= 0.6 is 23.5 Å².